The molecule has 0 atom stereocenters. The number of benzene rings is 1. The van der Waals surface area contributed by atoms with Gasteiger partial charge in [0, 0.05) is 31.1 Å². The molecule has 1 heterocycles. The summed E-state index contributed by atoms with van der Waals surface area (Å²) >= 11 is 1.70. The lowest BCUT2D eigenvalue weighted by molar-refractivity contribution is 0.414. The molecule has 0 unspecified atom stereocenters. The largest absolute Gasteiger partial charge is 0.497 e. The van der Waals surface area contributed by atoms with Gasteiger partial charge in [0.05, 0.1) is 7.11 Å². The number of methoxy groups -OCH3 is 1. The minimum atomic E-state index is 0.837. The molecule has 0 spiro atoms. The van der Waals surface area contributed by atoms with Gasteiger partial charge in [-0.25, -0.2) is 9.97 Å². The zero-order valence-corrected chi connectivity index (χ0v) is 12.6. The van der Waals surface area contributed by atoms with Crippen molar-refractivity contribution < 1.29 is 4.74 Å². The van der Waals surface area contributed by atoms with Crippen LogP contribution >= 0.6 is 11.9 Å². The van der Waals surface area contributed by atoms with Crippen LogP contribution in [0.25, 0.3) is 0 Å². The fourth-order valence-corrected chi connectivity index (χ4v) is 2.34. The van der Waals surface area contributed by atoms with Crippen molar-refractivity contribution in [3.63, 3.8) is 0 Å². The van der Waals surface area contributed by atoms with Gasteiger partial charge in [0.1, 0.15) is 11.6 Å². The van der Waals surface area contributed by atoms with Crippen molar-refractivity contribution in [3.05, 3.63) is 53.6 Å². The maximum atomic E-state index is 5.13. The Balaban J connectivity index is 1.64. The summed E-state index contributed by atoms with van der Waals surface area (Å²) in [5, 5.41) is 0. The second-order valence-corrected chi connectivity index (χ2v) is 5.43. The number of rotatable bonds is 7. The third kappa shape index (κ3) is 4.83. The summed E-state index contributed by atoms with van der Waals surface area (Å²) in [5.74, 6) is 2.74. The average Bonchev–Trinajstić information content (AvgIpc) is 2.49. The molecule has 20 heavy (non-hydrogen) atoms. The SMILES string of the molecule is COc1ccc(CNSCCc2ncc(C)cn2)cc1. The summed E-state index contributed by atoms with van der Waals surface area (Å²) in [7, 11) is 1.68. The van der Waals surface area contributed by atoms with E-state index in [9.17, 15) is 0 Å². The van der Waals surface area contributed by atoms with Crippen LogP contribution in [0, 0.1) is 6.92 Å². The van der Waals surface area contributed by atoms with Crippen LogP contribution in [0.15, 0.2) is 36.7 Å². The first-order valence-electron chi connectivity index (χ1n) is 6.53. The van der Waals surface area contributed by atoms with E-state index in [0.29, 0.717) is 0 Å². The average molecular weight is 289 g/mol. The number of ether oxygens (including phenoxy) is 1. The van der Waals surface area contributed by atoms with Gasteiger partial charge in [-0.3, -0.25) is 4.72 Å². The number of aryl methyl sites for hydroxylation is 2. The standard InChI is InChI=1S/C15H19N3OS/c1-12-9-16-15(17-10-12)7-8-20-18-11-13-3-5-14(19-2)6-4-13/h3-6,9-10,18H,7-8,11H2,1-2H3. The lowest BCUT2D eigenvalue weighted by Crippen LogP contribution is -2.06. The van der Waals surface area contributed by atoms with E-state index in [-0.39, 0.29) is 0 Å². The van der Waals surface area contributed by atoms with Crippen LogP contribution in [0.3, 0.4) is 0 Å². The monoisotopic (exact) mass is 289 g/mol. The summed E-state index contributed by atoms with van der Waals surface area (Å²) < 4.78 is 8.47. The summed E-state index contributed by atoms with van der Waals surface area (Å²) in [6.07, 6.45) is 4.59. The van der Waals surface area contributed by atoms with E-state index in [1.807, 2.05) is 31.5 Å². The molecule has 4 nitrogen and oxygen atoms in total. The lowest BCUT2D eigenvalue weighted by atomic mass is 10.2. The lowest BCUT2D eigenvalue weighted by Gasteiger charge is -2.05. The molecule has 1 N–H and O–H groups in total. The summed E-state index contributed by atoms with van der Waals surface area (Å²) in [6, 6.07) is 8.08. The molecule has 0 fully saturated rings. The summed E-state index contributed by atoms with van der Waals surface area (Å²) in [5.41, 5.74) is 2.34. The van der Waals surface area contributed by atoms with E-state index in [1.54, 1.807) is 19.1 Å². The maximum absolute atomic E-state index is 5.13. The van der Waals surface area contributed by atoms with Crippen LogP contribution in [0.1, 0.15) is 17.0 Å². The Morgan fingerprint density at radius 3 is 2.50 bits per heavy atom. The molecule has 106 valence electrons. The van der Waals surface area contributed by atoms with Gasteiger partial charge >= 0.3 is 0 Å². The fraction of sp³-hybridized carbons (Fsp3) is 0.333. The molecule has 0 amide bonds. The first-order chi connectivity index (χ1) is 9.78. The molecule has 0 aliphatic carbocycles. The predicted molar refractivity (Wildman–Crippen MR) is 82.8 cm³/mol. The molecule has 0 bridgehead atoms. The Bertz CT molecular complexity index is 514. The molecule has 0 aliphatic heterocycles. The zero-order chi connectivity index (χ0) is 14.2. The highest BCUT2D eigenvalue weighted by Gasteiger charge is 1.98. The molecule has 0 saturated carbocycles. The van der Waals surface area contributed by atoms with Gasteiger partial charge in [-0.2, -0.15) is 0 Å². The third-order valence-electron chi connectivity index (χ3n) is 2.80. The van der Waals surface area contributed by atoms with Crippen molar-refractivity contribution in [3.8, 4) is 5.75 Å². The van der Waals surface area contributed by atoms with Crippen LogP contribution in [-0.4, -0.2) is 22.8 Å². The fourth-order valence-electron chi connectivity index (χ4n) is 1.64. The minimum absolute atomic E-state index is 0.837. The van der Waals surface area contributed by atoms with E-state index >= 15 is 0 Å². The minimum Gasteiger partial charge on any atom is -0.497 e. The highest BCUT2D eigenvalue weighted by atomic mass is 32.2. The summed E-state index contributed by atoms with van der Waals surface area (Å²) in [6.45, 7) is 2.83. The third-order valence-corrected chi connectivity index (χ3v) is 3.56. The normalized spacial score (nSPS) is 10.5. The Morgan fingerprint density at radius 2 is 1.85 bits per heavy atom. The van der Waals surface area contributed by atoms with Crippen LogP contribution in [-0.2, 0) is 13.0 Å². The van der Waals surface area contributed by atoms with E-state index in [4.69, 9.17) is 4.74 Å². The van der Waals surface area contributed by atoms with Gasteiger partial charge in [-0.15, -0.1) is 0 Å². The number of hydrogen-bond acceptors (Lipinski definition) is 5. The van der Waals surface area contributed by atoms with Crippen molar-refractivity contribution in [1.29, 1.82) is 0 Å². The van der Waals surface area contributed by atoms with Crippen molar-refractivity contribution >= 4 is 11.9 Å². The van der Waals surface area contributed by atoms with E-state index in [0.717, 1.165) is 35.9 Å². The van der Waals surface area contributed by atoms with Crippen molar-refractivity contribution in [2.24, 2.45) is 0 Å². The van der Waals surface area contributed by atoms with E-state index in [1.165, 1.54) is 5.56 Å². The quantitative estimate of drug-likeness (QED) is 0.627. The van der Waals surface area contributed by atoms with Gasteiger partial charge < -0.3 is 4.74 Å². The molecule has 0 saturated heterocycles. The second-order valence-electron chi connectivity index (χ2n) is 4.44. The van der Waals surface area contributed by atoms with Gasteiger partial charge in [-0.05, 0) is 30.2 Å². The maximum Gasteiger partial charge on any atom is 0.129 e. The Labute approximate surface area is 124 Å². The number of nitrogens with zero attached hydrogens (tertiary/aromatic N) is 2. The van der Waals surface area contributed by atoms with E-state index < -0.39 is 0 Å². The molecule has 5 heteroatoms. The Morgan fingerprint density at radius 1 is 1.15 bits per heavy atom. The first kappa shape index (κ1) is 14.8. The van der Waals surface area contributed by atoms with Crippen LogP contribution in [0.2, 0.25) is 0 Å². The molecular formula is C15H19N3OS. The van der Waals surface area contributed by atoms with Gasteiger partial charge in [0.15, 0.2) is 0 Å². The molecule has 2 aromatic rings. The Kier molecular flexibility index (Phi) is 5.83. The first-order valence-corrected chi connectivity index (χ1v) is 7.51. The van der Waals surface area contributed by atoms with Gasteiger partial charge in [0.2, 0.25) is 0 Å². The molecule has 0 aliphatic rings. The number of aromatic nitrogens is 2. The summed E-state index contributed by atoms with van der Waals surface area (Å²) in [4.78, 5) is 8.57. The smallest absolute Gasteiger partial charge is 0.129 e. The topological polar surface area (TPSA) is 47.0 Å². The van der Waals surface area contributed by atoms with Crippen molar-refractivity contribution in [1.82, 2.24) is 14.7 Å². The van der Waals surface area contributed by atoms with Gasteiger partial charge in [0.25, 0.3) is 0 Å². The van der Waals surface area contributed by atoms with Crippen LogP contribution in [0.4, 0.5) is 0 Å². The van der Waals surface area contributed by atoms with Crippen molar-refractivity contribution in [2.75, 3.05) is 12.9 Å². The van der Waals surface area contributed by atoms with E-state index in [2.05, 4.69) is 26.8 Å². The Hall–Kier alpha value is -1.59. The van der Waals surface area contributed by atoms with Crippen molar-refractivity contribution in [2.45, 2.75) is 19.9 Å². The molecule has 1 aromatic heterocycles. The molecule has 2 rings (SSSR count). The highest BCUT2D eigenvalue weighted by Crippen LogP contribution is 2.11. The number of nitrogens with one attached hydrogen (secondary N) is 1. The van der Waals surface area contributed by atoms with Gasteiger partial charge in [-0.1, -0.05) is 24.1 Å². The number of hydrogen-bond donors (Lipinski definition) is 1. The van der Waals surface area contributed by atoms with Crippen LogP contribution < -0.4 is 9.46 Å². The molecule has 0 radical (unpaired) electrons. The second kappa shape index (κ2) is 7.87. The molecular weight excluding hydrogens is 270 g/mol. The highest BCUT2D eigenvalue weighted by molar-refractivity contribution is 7.97. The zero-order valence-electron chi connectivity index (χ0n) is 11.8. The molecule has 1 aromatic carbocycles. The predicted octanol–water partition coefficient (Wildman–Crippen LogP) is 2.77. The van der Waals surface area contributed by atoms with Crippen LogP contribution in [0.5, 0.6) is 5.75 Å².